The van der Waals surface area contributed by atoms with Gasteiger partial charge in [-0.05, 0) is 30.4 Å². The molecule has 0 aromatic heterocycles. The van der Waals surface area contributed by atoms with Gasteiger partial charge in [-0.3, -0.25) is 4.79 Å². The Balaban J connectivity index is 2.13. The van der Waals surface area contributed by atoms with Gasteiger partial charge in [0.25, 0.3) is 5.91 Å². The number of para-hydroxylation sites is 1. The molecule has 1 aliphatic carbocycles. The molecule has 0 heterocycles. The van der Waals surface area contributed by atoms with Crippen LogP contribution in [0, 0.1) is 12.3 Å². The molecule has 0 aliphatic heterocycles. The lowest BCUT2D eigenvalue weighted by Gasteiger charge is -2.10. The van der Waals surface area contributed by atoms with Crippen LogP contribution in [0.2, 0.25) is 0 Å². The molecule has 86 valence electrons. The summed E-state index contributed by atoms with van der Waals surface area (Å²) in [5.74, 6) is -0.0585. The number of hydrogen-bond acceptors (Lipinski definition) is 2. The quantitative estimate of drug-likeness (QED) is 0.747. The summed E-state index contributed by atoms with van der Waals surface area (Å²) in [6, 6.07) is 5.83. The highest BCUT2D eigenvalue weighted by atomic mass is 16.1. The van der Waals surface area contributed by atoms with Crippen LogP contribution in [0.5, 0.6) is 0 Å². The first-order chi connectivity index (χ1) is 7.42. The summed E-state index contributed by atoms with van der Waals surface area (Å²) in [7, 11) is 0. The van der Waals surface area contributed by atoms with Crippen LogP contribution in [-0.4, -0.2) is 11.9 Å². The zero-order valence-electron chi connectivity index (χ0n) is 10.0. The van der Waals surface area contributed by atoms with E-state index < -0.39 is 0 Å². The Morgan fingerprint density at radius 1 is 1.50 bits per heavy atom. The molecule has 3 N–H and O–H groups in total. The number of benzene rings is 1. The molecule has 3 heteroatoms. The van der Waals surface area contributed by atoms with E-state index in [9.17, 15) is 4.79 Å². The summed E-state index contributed by atoms with van der Waals surface area (Å²) >= 11 is 0. The number of aryl methyl sites for hydroxylation is 1. The van der Waals surface area contributed by atoms with Gasteiger partial charge in [-0.2, -0.15) is 0 Å². The van der Waals surface area contributed by atoms with Gasteiger partial charge in [-0.25, -0.2) is 0 Å². The second kappa shape index (κ2) is 3.51. The molecule has 0 saturated heterocycles. The summed E-state index contributed by atoms with van der Waals surface area (Å²) in [5, 5.41) is 3.01. The van der Waals surface area contributed by atoms with Gasteiger partial charge in [0.15, 0.2) is 0 Å². The maximum Gasteiger partial charge on any atom is 0.253 e. The molecule has 1 aliphatic rings. The summed E-state index contributed by atoms with van der Waals surface area (Å²) in [6.45, 7) is 6.21. The van der Waals surface area contributed by atoms with E-state index in [1.165, 1.54) is 0 Å². The number of anilines is 1. The highest BCUT2D eigenvalue weighted by molar-refractivity contribution is 6.00. The van der Waals surface area contributed by atoms with Gasteiger partial charge in [-0.1, -0.05) is 26.0 Å². The van der Waals surface area contributed by atoms with Crippen LogP contribution in [0.25, 0.3) is 0 Å². The molecule has 0 bridgehead atoms. The summed E-state index contributed by atoms with van der Waals surface area (Å²) in [5.41, 5.74) is 8.25. The number of nitrogens with two attached hydrogens (primary N) is 1. The Bertz CT molecular complexity index is 438. The van der Waals surface area contributed by atoms with Crippen LogP contribution >= 0.6 is 0 Å². The second-order valence-corrected chi connectivity index (χ2v) is 5.25. The van der Waals surface area contributed by atoms with Crippen molar-refractivity contribution in [2.45, 2.75) is 33.2 Å². The molecule has 1 aromatic carbocycles. The van der Waals surface area contributed by atoms with E-state index in [0.717, 1.165) is 12.0 Å². The minimum atomic E-state index is -0.0585. The topological polar surface area (TPSA) is 55.1 Å². The summed E-state index contributed by atoms with van der Waals surface area (Å²) in [4.78, 5) is 12.0. The first kappa shape index (κ1) is 11.0. The lowest BCUT2D eigenvalue weighted by molar-refractivity contribution is 0.0947. The van der Waals surface area contributed by atoms with Crippen molar-refractivity contribution in [2.75, 3.05) is 5.73 Å². The molecule has 1 saturated carbocycles. The number of carbonyl (C=O) groups is 1. The molecule has 1 atom stereocenters. The molecular formula is C13H18N2O. The Kier molecular flexibility index (Phi) is 2.41. The zero-order chi connectivity index (χ0) is 11.9. The highest BCUT2D eigenvalue weighted by Gasteiger charge is 2.46. The van der Waals surface area contributed by atoms with Crippen molar-refractivity contribution >= 4 is 11.6 Å². The standard InChI is InChI=1S/C13H18N2O/c1-8-5-4-6-9(11(8)14)12(16)15-10-7-13(10,2)3/h4-6,10H,7,14H2,1-3H3,(H,15,16). The van der Waals surface area contributed by atoms with E-state index >= 15 is 0 Å². The molecule has 0 radical (unpaired) electrons. The maximum absolute atomic E-state index is 12.0. The van der Waals surface area contributed by atoms with E-state index in [-0.39, 0.29) is 11.3 Å². The maximum atomic E-state index is 12.0. The third kappa shape index (κ3) is 1.90. The first-order valence-corrected chi connectivity index (χ1v) is 5.58. The number of nitrogen functional groups attached to an aromatic ring is 1. The molecule has 16 heavy (non-hydrogen) atoms. The lowest BCUT2D eigenvalue weighted by atomic mass is 10.1. The van der Waals surface area contributed by atoms with Crippen LogP contribution in [-0.2, 0) is 0 Å². The Hall–Kier alpha value is -1.51. The Morgan fingerprint density at radius 2 is 2.12 bits per heavy atom. The fourth-order valence-electron chi connectivity index (χ4n) is 1.83. The number of amides is 1. The van der Waals surface area contributed by atoms with Gasteiger partial charge in [0.2, 0.25) is 0 Å². The van der Waals surface area contributed by atoms with Gasteiger partial charge in [0.1, 0.15) is 0 Å². The monoisotopic (exact) mass is 218 g/mol. The van der Waals surface area contributed by atoms with Crippen LogP contribution in [0.15, 0.2) is 18.2 Å². The van der Waals surface area contributed by atoms with E-state index in [0.29, 0.717) is 17.3 Å². The minimum absolute atomic E-state index is 0.0585. The Morgan fingerprint density at radius 3 is 2.69 bits per heavy atom. The number of rotatable bonds is 2. The fraction of sp³-hybridized carbons (Fsp3) is 0.462. The SMILES string of the molecule is Cc1cccc(C(=O)NC2CC2(C)C)c1N. The van der Waals surface area contributed by atoms with Crippen LogP contribution in [0.1, 0.15) is 36.2 Å². The van der Waals surface area contributed by atoms with Crippen molar-refractivity contribution in [1.29, 1.82) is 0 Å². The van der Waals surface area contributed by atoms with E-state index in [4.69, 9.17) is 5.73 Å². The zero-order valence-corrected chi connectivity index (χ0v) is 10.0. The van der Waals surface area contributed by atoms with Crippen molar-refractivity contribution < 1.29 is 4.79 Å². The first-order valence-electron chi connectivity index (χ1n) is 5.58. The number of hydrogen-bond donors (Lipinski definition) is 2. The summed E-state index contributed by atoms with van der Waals surface area (Å²) < 4.78 is 0. The van der Waals surface area contributed by atoms with Gasteiger partial charge >= 0.3 is 0 Å². The molecular weight excluding hydrogens is 200 g/mol. The minimum Gasteiger partial charge on any atom is -0.398 e. The normalized spacial score (nSPS) is 21.6. The van der Waals surface area contributed by atoms with Crippen molar-refractivity contribution in [3.05, 3.63) is 29.3 Å². The fourth-order valence-corrected chi connectivity index (χ4v) is 1.83. The van der Waals surface area contributed by atoms with E-state index in [2.05, 4.69) is 19.2 Å². The van der Waals surface area contributed by atoms with Crippen LogP contribution in [0.4, 0.5) is 5.69 Å². The molecule has 1 aromatic rings. The molecule has 2 rings (SSSR count). The Labute approximate surface area is 96.0 Å². The molecule has 3 nitrogen and oxygen atoms in total. The van der Waals surface area contributed by atoms with Crippen molar-refractivity contribution in [2.24, 2.45) is 5.41 Å². The molecule has 0 spiro atoms. The van der Waals surface area contributed by atoms with Crippen LogP contribution < -0.4 is 11.1 Å². The largest absolute Gasteiger partial charge is 0.398 e. The predicted molar refractivity (Wildman–Crippen MR) is 65.2 cm³/mol. The van der Waals surface area contributed by atoms with Gasteiger partial charge in [-0.15, -0.1) is 0 Å². The van der Waals surface area contributed by atoms with E-state index in [1.807, 2.05) is 19.1 Å². The smallest absolute Gasteiger partial charge is 0.253 e. The number of carbonyl (C=O) groups excluding carboxylic acids is 1. The lowest BCUT2D eigenvalue weighted by Crippen LogP contribution is -2.29. The molecule has 1 unspecified atom stereocenters. The van der Waals surface area contributed by atoms with Gasteiger partial charge < -0.3 is 11.1 Å². The highest BCUT2D eigenvalue weighted by Crippen LogP contribution is 2.44. The van der Waals surface area contributed by atoms with Crippen molar-refractivity contribution in [1.82, 2.24) is 5.32 Å². The molecule has 1 fully saturated rings. The van der Waals surface area contributed by atoms with Crippen molar-refractivity contribution in [3.63, 3.8) is 0 Å². The summed E-state index contributed by atoms with van der Waals surface area (Å²) in [6.07, 6.45) is 1.05. The van der Waals surface area contributed by atoms with E-state index in [1.54, 1.807) is 6.07 Å². The molecule has 1 amide bonds. The van der Waals surface area contributed by atoms with Gasteiger partial charge in [0.05, 0.1) is 5.56 Å². The number of nitrogens with one attached hydrogen (secondary N) is 1. The van der Waals surface area contributed by atoms with Gasteiger partial charge in [0, 0.05) is 11.7 Å². The average Bonchev–Trinajstić information content (AvgIpc) is 2.78. The predicted octanol–water partition coefficient (Wildman–Crippen LogP) is 2.11. The average molecular weight is 218 g/mol. The third-order valence-electron chi connectivity index (χ3n) is 3.39. The third-order valence-corrected chi connectivity index (χ3v) is 3.39. The second-order valence-electron chi connectivity index (χ2n) is 5.25. The van der Waals surface area contributed by atoms with Crippen LogP contribution in [0.3, 0.4) is 0 Å². The van der Waals surface area contributed by atoms with Crippen molar-refractivity contribution in [3.8, 4) is 0 Å².